The molecular weight excluding hydrogens is 414 g/mol. The molecule has 170 valence electrons. The van der Waals surface area contributed by atoms with Gasteiger partial charge >= 0.3 is 5.97 Å². The lowest BCUT2D eigenvalue weighted by Crippen LogP contribution is -2.49. The molecule has 3 heterocycles. The number of carbonyl (C=O) groups is 2. The fraction of sp³-hybridized carbons (Fsp3) is 0.636. The molecule has 1 aromatic heterocycles. The maximum Gasteiger partial charge on any atom is 0.341 e. The fourth-order valence-electron chi connectivity index (χ4n) is 3.99. The number of amides is 1. The number of rotatable bonds is 7. The van der Waals surface area contributed by atoms with Gasteiger partial charge in [-0.1, -0.05) is 19.6 Å². The highest BCUT2D eigenvalue weighted by Crippen LogP contribution is 2.21. The molecule has 1 aromatic rings. The van der Waals surface area contributed by atoms with E-state index in [1.807, 2.05) is 0 Å². The van der Waals surface area contributed by atoms with Crippen LogP contribution >= 0.6 is 0 Å². The van der Waals surface area contributed by atoms with Gasteiger partial charge in [-0.3, -0.25) is 14.6 Å². The Labute approximate surface area is 183 Å². The van der Waals surface area contributed by atoms with Crippen LogP contribution in [0.3, 0.4) is 0 Å². The lowest BCUT2D eigenvalue weighted by Gasteiger charge is -2.32. The fourth-order valence-corrected chi connectivity index (χ4v) is 4.74. The van der Waals surface area contributed by atoms with Crippen LogP contribution in [0.4, 0.5) is 0 Å². The lowest BCUT2D eigenvalue weighted by molar-refractivity contribution is -0.130. The predicted molar refractivity (Wildman–Crippen MR) is 121 cm³/mol. The van der Waals surface area contributed by atoms with Crippen molar-refractivity contribution in [3.63, 3.8) is 0 Å². The molecule has 8 nitrogen and oxygen atoms in total. The Kier molecular flexibility index (Phi) is 7.16. The number of aromatic nitrogens is 1. The van der Waals surface area contributed by atoms with E-state index in [0.29, 0.717) is 55.3 Å². The van der Waals surface area contributed by atoms with Crippen molar-refractivity contribution in [2.24, 2.45) is 4.99 Å². The van der Waals surface area contributed by atoms with Gasteiger partial charge in [0, 0.05) is 46.9 Å². The molecule has 31 heavy (non-hydrogen) atoms. The third-order valence-electron chi connectivity index (χ3n) is 5.89. The van der Waals surface area contributed by atoms with E-state index in [1.54, 1.807) is 28.7 Å². The van der Waals surface area contributed by atoms with Gasteiger partial charge in [0.2, 0.25) is 5.91 Å². The third kappa shape index (κ3) is 5.51. The molecule has 1 fully saturated rings. The second-order valence-electron chi connectivity index (χ2n) is 9.49. The Morgan fingerprint density at radius 3 is 2.48 bits per heavy atom. The number of esters is 1. The monoisotopic (exact) mass is 447 g/mol. The molecule has 0 bridgehead atoms. The van der Waals surface area contributed by atoms with Crippen molar-refractivity contribution in [2.45, 2.75) is 57.5 Å². The van der Waals surface area contributed by atoms with E-state index >= 15 is 0 Å². The molecular formula is C22H33N3O5Si. The first-order valence-corrected chi connectivity index (χ1v) is 14.6. The van der Waals surface area contributed by atoms with Gasteiger partial charge in [0.1, 0.15) is 5.56 Å². The zero-order valence-corrected chi connectivity index (χ0v) is 20.1. The van der Waals surface area contributed by atoms with Gasteiger partial charge in [0.25, 0.3) is 5.56 Å². The molecule has 1 atom stereocenters. The number of carbonyl (C=O) groups excluding carboxylic acids is 2. The molecule has 0 aromatic carbocycles. The van der Waals surface area contributed by atoms with E-state index in [-0.39, 0.29) is 23.6 Å². The van der Waals surface area contributed by atoms with Gasteiger partial charge in [-0.25, -0.2) is 4.79 Å². The van der Waals surface area contributed by atoms with E-state index in [4.69, 9.17) is 9.47 Å². The second kappa shape index (κ2) is 9.48. The summed E-state index contributed by atoms with van der Waals surface area (Å²) in [4.78, 5) is 43.7. The van der Waals surface area contributed by atoms with E-state index in [9.17, 15) is 14.4 Å². The number of methoxy groups -OCH3 is 1. The van der Waals surface area contributed by atoms with Gasteiger partial charge in [-0.05, 0) is 25.0 Å². The van der Waals surface area contributed by atoms with Crippen LogP contribution in [0.5, 0.6) is 0 Å². The number of ether oxygens (including phenoxy) is 2. The minimum Gasteiger partial charge on any atom is -0.465 e. The van der Waals surface area contributed by atoms with Crippen LogP contribution in [0.25, 0.3) is 6.08 Å². The van der Waals surface area contributed by atoms with Crippen molar-refractivity contribution < 1.29 is 19.1 Å². The number of fused-ring (bicyclic) bond motifs is 1. The summed E-state index contributed by atoms with van der Waals surface area (Å²) in [7, 11) is 0.146. The molecule has 2 aliphatic heterocycles. The molecule has 0 spiro atoms. The summed E-state index contributed by atoms with van der Waals surface area (Å²) in [5, 5.41) is 0.837. The minimum atomic E-state index is -1.18. The Balaban J connectivity index is 1.87. The first kappa shape index (κ1) is 23.4. The molecule has 1 unspecified atom stereocenters. The summed E-state index contributed by atoms with van der Waals surface area (Å²) in [5.74, 6) is -0.470. The quantitative estimate of drug-likeness (QED) is 0.353. The Morgan fingerprint density at radius 1 is 1.23 bits per heavy atom. The molecule has 0 radical (unpaired) electrons. The summed E-state index contributed by atoms with van der Waals surface area (Å²) in [6, 6.07) is 0.701. The number of piperidine rings is 1. The molecule has 9 heteroatoms. The average Bonchev–Trinajstić information content (AvgIpc) is 3.15. The van der Waals surface area contributed by atoms with Gasteiger partial charge in [0.05, 0.1) is 30.3 Å². The van der Waals surface area contributed by atoms with Gasteiger partial charge < -0.3 is 18.9 Å². The normalized spacial score (nSPS) is 18.9. The number of hydrogen-bond donors (Lipinski definition) is 0. The Bertz CT molecular complexity index is 1020. The Morgan fingerprint density at radius 2 is 1.90 bits per heavy atom. The summed E-state index contributed by atoms with van der Waals surface area (Å²) in [5.41, 5.74) is 0.143. The molecule has 1 amide bonds. The molecule has 1 saturated heterocycles. The van der Waals surface area contributed by atoms with Crippen LogP contribution in [0.1, 0.15) is 36.2 Å². The smallest absolute Gasteiger partial charge is 0.341 e. The zero-order valence-electron chi connectivity index (χ0n) is 19.1. The van der Waals surface area contributed by atoms with Crippen LogP contribution in [-0.2, 0) is 14.3 Å². The number of nitrogens with zero attached hydrogens (tertiary/aromatic N) is 3. The highest BCUT2D eigenvalue weighted by Gasteiger charge is 2.26. The highest BCUT2D eigenvalue weighted by molar-refractivity contribution is 6.76. The van der Waals surface area contributed by atoms with Gasteiger partial charge in [-0.2, -0.15) is 0 Å². The molecule has 2 aliphatic rings. The van der Waals surface area contributed by atoms with Crippen LogP contribution in [0.15, 0.2) is 16.0 Å². The Hall–Kier alpha value is -2.26. The van der Waals surface area contributed by atoms with Crippen molar-refractivity contribution in [3.8, 4) is 0 Å². The van der Waals surface area contributed by atoms with Crippen molar-refractivity contribution in [1.82, 2.24) is 9.47 Å². The van der Waals surface area contributed by atoms with E-state index in [1.165, 1.54) is 7.11 Å². The zero-order chi connectivity index (χ0) is 22.8. The highest BCUT2D eigenvalue weighted by atomic mass is 28.3. The molecule has 0 aliphatic carbocycles. The molecule has 3 rings (SSSR count). The maximum atomic E-state index is 13.2. The van der Waals surface area contributed by atoms with E-state index < -0.39 is 14.0 Å². The van der Waals surface area contributed by atoms with Crippen LogP contribution < -0.4 is 16.1 Å². The lowest BCUT2D eigenvalue weighted by atomic mass is 10.0. The standard InChI is InChI=1S/C22H33N3O5Si/c1-15(26)24-8-6-17(7-9-24)25-13-19(22(28)29-2)20-18(21(25)27)12-16(23-20)14-30-10-11-31(3,4)5/h12-13,16-17H,6-11,14H2,1-5H3. The first-order chi connectivity index (χ1) is 14.6. The summed E-state index contributed by atoms with van der Waals surface area (Å²) < 4.78 is 12.4. The van der Waals surface area contributed by atoms with Crippen LogP contribution in [0, 0.1) is 0 Å². The number of pyridine rings is 1. The van der Waals surface area contributed by atoms with Gasteiger partial charge in [-0.15, -0.1) is 0 Å². The summed E-state index contributed by atoms with van der Waals surface area (Å²) in [6.45, 7) is 10.7. The second-order valence-corrected chi connectivity index (χ2v) is 15.1. The average molecular weight is 448 g/mol. The minimum absolute atomic E-state index is 0.0408. The summed E-state index contributed by atoms with van der Waals surface area (Å²) in [6.07, 6.45) is 4.71. The molecule has 0 N–H and O–H groups in total. The van der Waals surface area contributed by atoms with Crippen molar-refractivity contribution in [3.05, 3.63) is 32.7 Å². The topological polar surface area (TPSA) is 90.2 Å². The van der Waals surface area contributed by atoms with Crippen LogP contribution in [-0.4, -0.2) is 68.9 Å². The predicted octanol–water partition coefficient (Wildman–Crippen LogP) is 0.955. The summed E-state index contributed by atoms with van der Waals surface area (Å²) >= 11 is 0. The van der Waals surface area contributed by atoms with E-state index in [2.05, 4.69) is 24.6 Å². The molecule has 0 saturated carbocycles. The van der Waals surface area contributed by atoms with Crippen molar-refractivity contribution in [2.75, 3.05) is 33.4 Å². The van der Waals surface area contributed by atoms with Crippen LogP contribution in [0.2, 0.25) is 25.7 Å². The van der Waals surface area contributed by atoms with Crippen molar-refractivity contribution >= 4 is 26.0 Å². The first-order valence-electron chi connectivity index (χ1n) is 10.9. The number of hydrogen-bond acceptors (Lipinski definition) is 6. The van der Waals surface area contributed by atoms with E-state index in [0.717, 1.165) is 6.04 Å². The van der Waals surface area contributed by atoms with Crippen molar-refractivity contribution in [1.29, 1.82) is 0 Å². The van der Waals surface area contributed by atoms with Gasteiger partial charge in [0.15, 0.2) is 0 Å². The maximum absolute atomic E-state index is 13.2. The number of likely N-dealkylation sites (tertiary alicyclic amines) is 1. The third-order valence-corrected chi connectivity index (χ3v) is 7.59. The largest absolute Gasteiger partial charge is 0.465 e. The SMILES string of the molecule is COC(=O)c1cn(C2CCN(C(C)=O)CC2)c(=O)c2c1=NC(COCC[Si](C)(C)C)C=2.